The SMILES string of the molecule is CCC(CC)C(C)Nc1cc(NN)nc(SC)n1. The minimum atomic E-state index is 0.384. The van der Waals surface area contributed by atoms with E-state index in [0.29, 0.717) is 22.9 Å². The highest BCUT2D eigenvalue weighted by atomic mass is 32.2. The highest BCUT2D eigenvalue weighted by Gasteiger charge is 2.14. The van der Waals surface area contributed by atoms with Crippen LogP contribution in [-0.2, 0) is 0 Å². The molecule has 0 aliphatic heterocycles. The van der Waals surface area contributed by atoms with Crippen LogP contribution in [0.25, 0.3) is 0 Å². The number of nitrogens with zero attached hydrogens (tertiary/aromatic N) is 2. The summed E-state index contributed by atoms with van der Waals surface area (Å²) in [6, 6.07) is 2.22. The molecule has 0 saturated heterocycles. The lowest BCUT2D eigenvalue weighted by Crippen LogP contribution is -2.25. The third-order valence-electron chi connectivity index (χ3n) is 3.17. The van der Waals surface area contributed by atoms with Crippen LogP contribution < -0.4 is 16.6 Å². The van der Waals surface area contributed by atoms with Crippen LogP contribution >= 0.6 is 11.8 Å². The number of nitrogens with one attached hydrogen (secondary N) is 2. The van der Waals surface area contributed by atoms with Gasteiger partial charge in [0.25, 0.3) is 0 Å². The number of anilines is 2. The molecule has 0 bridgehead atoms. The van der Waals surface area contributed by atoms with Crippen molar-refractivity contribution in [2.24, 2.45) is 11.8 Å². The first-order valence-corrected chi connectivity index (χ1v) is 7.53. The summed E-state index contributed by atoms with van der Waals surface area (Å²) < 4.78 is 0. The molecule has 1 unspecified atom stereocenters. The Kier molecular flexibility index (Phi) is 6.21. The molecule has 0 radical (unpaired) electrons. The van der Waals surface area contributed by atoms with E-state index in [1.807, 2.05) is 12.3 Å². The molecule has 0 aromatic carbocycles. The van der Waals surface area contributed by atoms with E-state index in [2.05, 4.69) is 41.5 Å². The molecule has 5 nitrogen and oxygen atoms in total. The lowest BCUT2D eigenvalue weighted by atomic mass is 9.95. The second kappa shape index (κ2) is 7.43. The molecule has 1 rings (SSSR count). The summed E-state index contributed by atoms with van der Waals surface area (Å²) in [4.78, 5) is 8.67. The predicted molar refractivity (Wildman–Crippen MR) is 78.8 cm³/mol. The van der Waals surface area contributed by atoms with Gasteiger partial charge in [0, 0.05) is 12.1 Å². The Labute approximate surface area is 113 Å². The molecule has 102 valence electrons. The van der Waals surface area contributed by atoms with Gasteiger partial charge in [-0.2, -0.15) is 0 Å². The van der Waals surface area contributed by atoms with Gasteiger partial charge in [-0.05, 0) is 19.1 Å². The molecule has 1 aromatic rings. The molecule has 4 N–H and O–H groups in total. The van der Waals surface area contributed by atoms with Gasteiger partial charge in [-0.15, -0.1) is 0 Å². The molecule has 18 heavy (non-hydrogen) atoms. The Morgan fingerprint density at radius 3 is 2.39 bits per heavy atom. The molecule has 1 atom stereocenters. The van der Waals surface area contributed by atoms with Gasteiger partial charge in [-0.1, -0.05) is 38.5 Å². The van der Waals surface area contributed by atoms with Crippen LogP contribution in [0.2, 0.25) is 0 Å². The van der Waals surface area contributed by atoms with Gasteiger partial charge >= 0.3 is 0 Å². The quantitative estimate of drug-likeness (QED) is 0.306. The van der Waals surface area contributed by atoms with E-state index < -0.39 is 0 Å². The van der Waals surface area contributed by atoms with Crippen molar-refractivity contribution in [1.29, 1.82) is 0 Å². The summed E-state index contributed by atoms with van der Waals surface area (Å²) in [5.74, 6) is 7.51. The molecule has 0 amide bonds. The summed E-state index contributed by atoms with van der Waals surface area (Å²) in [7, 11) is 0. The second-order valence-corrected chi connectivity index (χ2v) is 5.05. The standard InChI is InChI=1S/C12H23N5S/c1-5-9(6-2)8(3)14-10-7-11(17-13)16-12(15-10)18-4/h7-9H,5-6,13H2,1-4H3,(H2,14,15,16,17). The number of thioether (sulfide) groups is 1. The third-order valence-corrected chi connectivity index (χ3v) is 3.72. The van der Waals surface area contributed by atoms with E-state index >= 15 is 0 Å². The van der Waals surface area contributed by atoms with Crippen LogP contribution in [0.5, 0.6) is 0 Å². The second-order valence-electron chi connectivity index (χ2n) is 4.28. The summed E-state index contributed by atoms with van der Waals surface area (Å²) >= 11 is 1.50. The molecular weight excluding hydrogens is 246 g/mol. The van der Waals surface area contributed by atoms with Gasteiger partial charge in [0.15, 0.2) is 5.16 Å². The first kappa shape index (κ1) is 15.0. The predicted octanol–water partition coefficient (Wildman–Crippen LogP) is 2.72. The fraction of sp³-hybridized carbons (Fsp3) is 0.667. The Bertz CT molecular complexity index is 345. The molecule has 1 aromatic heterocycles. The Morgan fingerprint density at radius 2 is 1.89 bits per heavy atom. The summed E-state index contributed by atoms with van der Waals surface area (Å²) in [6.07, 6.45) is 4.27. The fourth-order valence-electron chi connectivity index (χ4n) is 2.01. The number of hydrogen-bond acceptors (Lipinski definition) is 6. The average molecular weight is 269 g/mol. The number of hydrazine groups is 1. The summed E-state index contributed by atoms with van der Waals surface area (Å²) in [5.41, 5.74) is 2.57. The maximum Gasteiger partial charge on any atom is 0.191 e. The van der Waals surface area contributed by atoms with Gasteiger partial charge in [0.1, 0.15) is 11.6 Å². The fourth-order valence-corrected chi connectivity index (χ4v) is 2.39. The van der Waals surface area contributed by atoms with Crippen molar-refractivity contribution in [2.45, 2.75) is 44.8 Å². The van der Waals surface area contributed by atoms with Crippen LogP contribution in [0.3, 0.4) is 0 Å². The summed E-state index contributed by atoms with van der Waals surface area (Å²) in [6.45, 7) is 6.62. The zero-order chi connectivity index (χ0) is 13.5. The van der Waals surface area contributed by atoms with Gasteiger partial charge in [0.2, 0.25) is 0 Å². The maximum absolute atomic E-state index is 5.41. The van der Waals surface area contributed by atoms with E-state index in [-0.39, 0.29) is 0 Å². The Hall–Kier alpha value is -1.01. The Balaban J connectivity index is 2.82. The molecule has 0 fully saturated rings. The number of nitrogen functional groups attached to an aromatic ring is 1. The van der Waals surface area contributed by atoms with Crippen molar-refractivity contribution in [3.8, 4) is 0 Å². The van der Waals surface area contributed by atoms with Crippen molar-refractivity contribution in [3.63, 3.8) is 0 Å². The van der Waals surface area contributed by atoms with E-state index in [1.165, 1.54) is 11.8 Å². The molecule has 0 aliphatic rings. The van der Waals surface area contributed by atoms with E-state index in [1.54, 1.807) is 0 Å². The lowest BCUT2D eigenvalue weighted by Gasteiger charge is -2.23. The van der Waals surface area contributed by atoms with Crippen molar-refractivity contribution < 1.29 is 0 Å². The van der Waals surface area contributed by atoms with Gasteiger partial charge in [0.05, 0.1) is 0 Å². The van der Waals surface area contributed by atoms with Crippen molar-refractivity contribution in [1.82, 2.24) is 9.97 Å². The van der Waals surface area contributed by atoms with Crippen molar-refractivity contribution in [3.05, 3.63) is 6.07 Å². The normalized spacial score (nSPS) is 12.6. The van der Waals surface area contributed by atoms with E-state index in [0.717, 1.165) is 18.7 Å². The highest BCUT2D eigenvalue weighted by molar-refractivity contribution is 7.98. The average Bonchev–Trinajstić information content (AvgIpc) is 2.39. The van der Waals surface area contributed by atoms with Gasteiger partial charge < -0.3 is 10.7 Å². The first-order valence-electron chi connectivity index (χ1n) is 6.30. The molecule has 6 heteroatoms. The third kappa shape index (κ3) is 4.03. The Morgan fingerprint density at radius 1 is 1.28 bits per heavy atom. The van der Waals surface area contributed by atoms with Crippen LogP contribution in [-0.4, -0.2) is 22.3 Å². The zero-order valence-electron chi connectivity index (χ0n) is 11.5. The maximum atomic E-state index is 5.41. The highest BCUT2D eigenvalue weighted by Crippen LogP contribution is 2.20. The smallest absolute Gasteiger partial charge is 0.191 e. The molecule has 0 saturated carbocycles. The van der Waals surface area contributed by atoms with Crippen LogP contribution in [0.15, 0.2) is 11.2 Å². The van der Waals surface area contributed by atoms with Crippen LogP contribution in [0, 0.1) is 5.92 Å². The van der Waals surface area contributed by atoms with Crippen molar-refractivity contribution >= 4 is 23.4 Å². The monoisotopic (exact) mass is 269 g/mol. The first-order chi connectivity index (χ1) is 8.64. The van der Waals surface area contributed by atoms with E-state index in [9.17, 15) is 0 Å². The van der Waals surface area contributed by atoms with Crippen LogP contribution in [0.1, 0.15) is 33.6 Å². The topological polar surface area (TPSA) is 75.9 Å². The number of aromatic nitrogens is 2. The molecule has 0 aliphatic carbocycles. The molecule has 1 heterocycles. The minimum absolute atomic E-state index is 0.384. The lowest BCUT2D eigenvalue weighted by molar-refractivity contribution is 0.437. The molecular formula is C12H23N5S. The minimum Gasteiger partial charge on any atom is -0.367 e. The van der Waals surface area contributed by atoms with Gasteiger partial charge in [-0.3, -0.25) is 0 Å². The number of hydrogen-bond donors (Lipinski definition) is 3. The van der Waals surface area contributed by atoms with Crippen LogP contribution in [0.4, 0.5) is 11.6 Å². The van der Waals surface area contributed by atoms with Gasteiger partial charge in [-0.25, -0.2) is 15.8 Å². The number of nitrogens with two attached hydrogens (primary N) is 1. The summed E-state index contributed by atoms with van der Waals surface area (Å²) in [5, 5.41) is 4.15. The molecule has 0 spiro atoms. The zero-order valence-corrected chi connectivity index (χ0v) is 12.3. The van der Waals surface area contributed by atoms with Crippen molar-refractivity contribution in [2.75, 3.05) is 17.0 Å². The largest absolute Gasteiger partial charge is 0.367 e. The van der Waals surface area contributed by atoms with E-state index in [4.69, 9.17) is 5.84 Å². The number of rotatable bonds is 7.